The van der Waals surface area contributed by atoms with Gasteiger partial charge in [-0.05, 0) is 24.1 Å². The third-order valence-corrected chi connectivity index (χ3v) is 2.83. The first-order valence-corrected chi connectivity index (χ1v) is 6.13. The van der Waals surface area contributed by atoms with Crippen LogP contribution in [0.3, 0.4) is 0 Å². The average Bonchev–Trinajstić information content (AvgIpc) is 2.21. The molecule has 1 atom stereocenters. The van der Waals surface area contributed by atoms with Crippen molar-refractivity contribution in [1.82, 2.24) is 5.32 Å². The molecule has 0 aliphatic carbocycles. The molecule has 0 radical (unpaired) electrons. The van der Waals surface area contributed by atoms with E-state index in [0.29, 0.717) is 0 Å². The number of halogens is 2. The lowest BCUT2D eigenvalue weighted by Crippen LogP contribution is -2.22. The van der Waals surface area contributed by atoms with Crippen molar-refractivity contribution in [3.05, 3.63) is 34.9 Å². The fourth-order valence-electron chi connectivity index (χ4n) is 1.39. The highest BCUT2D eigenvalue weighted by molar-refractivity contribution is 6.30. The molecule has 1 unspecified atom stereocenters. The van der Waals surface area contributed by atoms with E-state index in [-0.39, 0.29) is 5.38 Å². The Bertz CT molecular complexity index is 271. The van der Waals surface area contributed by atoms with Crippen LogP contribution in [0.25, 0.3) is 0 Å². The molecule has 3 heteroatoms. The lowest BCUT2D eigenvalue weighted by atomic mass is 10.2. The van der Waals surface area contributed by atoms with Crippen molar-refractivity contribution in [2.75, 3.05) is 6.54 Å². The lowest BCUT2D eigenvalue weighted by molar-refractivity contribution is 0.623. The second-order valence-corrected chi connectivity index (χ2v) is 4.70. The van der Waals surface area contributed by atoms with Crippen molar-refractivity contribution >= 4 is 23.2 Å². The van der Waals surface area contributed by atoms with Crippen LogP contribution in [-0.4, -0.2) is 11.9 Å². The summed E-state index contributed by atoms with van der Waals surface area (Å²) in [4.78, 5) is 0. The van der Waals surface area contributed by atoms with Gasteiger partial charge in [-0.25, -0.2) is 0 Å². The number of nitrogens with one attached hydrogen (secondary N) is 1. The Balaban J connectivity index is 2.22. The van der Waals surface area contributed by atoms with Gasteiger partial charge in [-0.3, -0.25) is 0 Å². The van der Waals surface area contributed by atoms with Crippen molar-refractivity contribution in [2.45, 2.75) is 31.7 Å². The zero-order valence-corrected chi connectivity index (χ0v) is 10.5. The van der Waals surface area contributed by atoms with Gasteiger partial charge in [-0.2, -0.15) is 0 Å². The molecule has 84 valence electrons. The van der Waals surface area contributed by atoms with E-state index >= 15 is 0 Å². The van der Waals surface area contributed by atoms with Gasteiger partial charge in [0.15, 0.2) is 0 Å². The Kier molecular flexibility index (Phi) is 6.07. The summed E-state index contributed by atoms with van der Waals surface area (Å²) < 4.78 is 0. The smallest absolute Gasteiger partial charge is 0.0460 e. The predicted octanol–water partition coefficient (Wildman–Crippen LogP) is 3.84. The van der Waals surface area contributed by atoms with Crippen LogP contribution >= 0.6 is 23.2 Å². The predicted molar refractivity (Wildman–Crippen MR) is 67.7 cm³/mol. The minimum absolute atomic E-state index is 0.238. The molecular formula is C12H17Cl2N. The van der Waals surface area contributed by atoms with Crippen LogP contribution in [0.1, 0.15) is 25.3 Å². The maximum atomic E-state index is 6.09. The molecule has 1 rings (SSSR count). The van der Waals surface area contributed by atoms with Crippen LogP contribution in [0.15, 0.2) is 24.3 Å². The summed E-state index contributed by atoms with van der Waals surface area (Å²) >= 11 is 11.9. The molecule has 0 aliphatic heterocycles. The van der Waals surface area contributed by atoms with Crippen LogP contribution in [0, 0.1) is 0 Å². The molecule has 0 spiro atoms. The highest BCUT2D eigenvalue weighted by Gasteiger charge is 2.01. The summed E-state index contributed by atoms with van der Waals surface area (Å²) in [5.41, 5.74) is 1.24. The minimum atomic E-state index is 0.238. The van der Waals surface area contributed by atoms with E-state index in [4.69, 9.17) is 23.2 Å². The summed E-state index contributed by atoms with van der Waals surface area (Å²) in [6, 6.07) is 7.86. The number of rotatable bonds is 6. The van der Waals surface area contributed by atoms with Gasteiger partial charge in [-0.15, -0.1) is 11.6 Å². The zero-order valence-electron chi connectivity index (χ0n) is 8.97. The second-order valence-electron chi connectivity index (χ2n) is 3.64. The van der Waals surface area contributed by atoms with E-state index in [1.807, 2.05) is 24.3 Å². The molecular weight excluding hydrogens is 229 g/mol. The van der Waals surface area contributed by atoms with E-state index in [1.165, 1.54) is 5.56 Å². The zero-order chi connectivity index (χ0) is 11.1. The Morgan fingerprint density at radius 3 is 2.53 bits per heavy atom. The molecule has 0 aliphatic rings. The highest BCUT2D eigenvalue weighted by atomic mass is 35.5. The van der Waals surface area contributed by atoms with E-state index in [9.17, 15) is 0 Å². The quantitative estimate of drug-likeness (QED) is 0.752. The molecule has 0 fully saturated rings. The molecule has 0 heterocycles. The molecule has 0 amide bonds. The summed E-state index contributed by atoms with van der Waals surface area (Å²) in [6.45, 7) is 3.86. The number of hydrogen-bond donors (Lipinski definition) is 1. The monoisotopic (exact) mass is 245 g/mol. The van der Waals surface area contributed by atoms with Gasteiger partial charge in [0.1, 0.15) is 0 Å². The van der Waals surface area contributed by atoms with Crippen molar-refractivity contribution in [3.63, 3.8) is 0 Å². The van der Waals surface area contributed by atoms with Crippen LogP contribution in [0.5, 0.6) is 0 Å². The van der Waals surface area contributed by atoms with Crippen molar-refractivity contribution < 1.29 is 0 Å². The molecule has 1 N–H and O–H groups in total. The number of benzene rings is 1. The lowest BCUT2D eigenvalue weighted by Gasteiger charge is -2.09. The molecule has 1 aromatic rings. The molecule has 0 saturated carbocycles. The normalized spacial score (nSPS) is 12.7. The third-order valence-electron chi connectivity index (χ3n) is 2.21. The minimum Gasteiger partial charge on any atom is -0.311 e. The van der Waals surface area contributed by atoms with E-state index < -0.39 is 0 Å². The van der Waals surface area contributed by atoms with Crippen LogP contribution in [0.2, 0.25) is 5.02 Å². The maximum absolute atomic E-state index is 6.09. The Hall–Kier alpha value is -0.240. The third kappa shape index (κ3) is 5.41. The van der Waals surface area contributed by atoms with E-state index in [1.54, 1.807) is 0 Å². The fraction of sp³-hybridized carbons (Fsp3) is 0.500. The summed E-state index contributed by atoms with van der Waals surface area (Å²) in [5, 5.41) is 4.35. The first kappa shape index (κ1) is 12.8. The molecule has 1 aromatic carbocycles. The molecule has 15 heavy (non-hydrogen) atoms. The van der Waals surface area contributed by atoms with Gasteiger partial charge < -0.3 is 5.32 Å². The standard InChI is InChI=1S/C12H17Cl2N/c1-2-3-12(14)9-15-8-10-4-6-11(13)7-5-10/h4-7,12,15H,2-3,8-9H2,1H3. The number of hydrogen-bond acceptors (Lipinski definition) is 1. The largest absolute Gasteiger partial charge is 0.311 e. The van der Waals surface area contributed by atoms with Gasteiger partial charge in [0, 0.05) is 23.5 Å². The second kappa shape index (κ2) is 7.10. The fourth-order valence-corrected chi connectivity index (χ4v) is 1.84. The van der Waals surface area contributed by atoms with Gasteiger partial charge in [0.25, 0.3) is 0 Å². The van der Waals surface area contributed by atoms with Crippen molar-refractivity contribution in [3.8, 4) is 0 Å². The Labute approximate surface area is 102 Å². The Morgan fingerprint density at radius 1 is 1.27 bits per heavy atom. The van der Waals surface area contributed by atoms with E-state index in [2.05, 4.69) is 12.2 Å². The first-order valence-electron chi connectivity index (χ1n) is 5.31. The summed E-state index contributed by atoms with van der Waals surface area (Å²) in [7, 11) is 0. The average molecular weight is 246 g/mol. The topological polar surface area (TPSA) is 12.0 Å². The van der Waals surface area contributed by atoms with Crippen molar-refractivity contribution in [1.29, 1.82) is 0 Å². The molecule has 1 nitrogen and oxygen atoms in total. The number of alkyl halides is 1. The maximum Gasteiger partial charge on any atom is 0.0460 e. The van der Waals surface area contributed by atoms with Crippen LogP contribution < -0.4 is 5.32 Å². The summed E-state index contributed by atoms with van der Waals surface area (Å²) in [5.74, 6) is 0. The Morgan fingerprint density at radius 2 is 1.93 bits per heavy atom. The molecule has 0 saturated heterocycles. The van der Waals surface area contributed by atoms with Crippen LogP contribution in [-0.2, 0) is 6.54 Å². The van der Waals surface area contributed by atoms with Gasteiger partial charge >= 0.3 is 0 Å². The highest BCUT2D eigenvalue weighted by Crippen LogP contribution is 2.09. The van der Waals surface area contributed by atoms with Gasteiger partial charge in [0.2, 0.25) is 0 Å². The van der Waals surface area contributed by atoms with Gasteiger partial charge in [-0.1, -0.05) is 37.1 Å². The summed E-state index contributed by atoms with van der Waals surface area (Å²) in [6.07, 6.45) is 2.20. The van der Waals surface area contributed by atoms with Crippen LogP contribution in [0.4, 0.5) is 0 Å². The molecule has 0 aromatic heterocycles. The molecule has 0 bridgehead atoms. The van der Waals surface area contributed by atoms with E-state index in [0.717, 1.165) is 31.0 Å². The first-order chi connectivity index (χ1) is 7.22. The van der Waals surface area contributed by atoms with Crippen molar-refractivity contribution in [2.24, 2.45) is 0 Å². The van der Waals surface area contributed by atoms with Gasteiger partial charge in [0.05, 0.1) is 0 Å². The SMILES string of the molecule is CCCC(Cl)CNCc1ccc(Cl)cc1.